The highest BCUT2D eigenvalue weighted by Gasteiger charge is 2.45. The summed E-state index contributed by atoms with van der Waals surface area (Å²) in [5.74, 6) is 0. The van der Waals surface area contributed by atoms with Crippen LogP contribution in [0.1, 0.15) is 18.4 Å². The van der Waals surface area contributed by atoms with Crippen LogP contribution in [0.4, 0.5) is 0 Å². The third-order valence-electron chi connectivity index (χ3n) is 4.32. The Morgan fingerprint density at radius 3 is 2.64 bits per heavy atom. The van der Waals surface area contributed by atoms with Gasteiger partial charge in [0, 0.05) is 11.2 Å². The third kappa shape index (κ3) is 2.20. The molecule has 0 aliphatic heterocycles. The number of halogens is 1. The molecule has 1 aliphatic carbocycles. The van der Waals surface area contributed by atoms with Crippen LogP contribution in [-0.4, -0.2) is 14.5 Å². The molecule has 22 heavy (non-hydrogen) atoms. The number of hydrogen-bond donors (Lipinski definition) is 0. The van der Waals surface area contributed by atoms with E-state index in [-0.39, 0.29) is 11.1 Å². The van der Waals surface area contributed by atoms with E-state index in [2.05, 4.69) is 9.97 Å². The second kappa shape index (κ2) is 4.92. The highest BCUT2D eigenvalue weighted by molar-refractivity contribution is 6.30. The largest absolute Gasteiger partial charge is 0.292 e. The van der Waals surface area contributed by atoms with Gasteiger partial charge in [0.15, 0.2) is 5.65 Å². The van der Waals surface area contributed by atoms with Gasteiger partial charge in [-0.2, -0.15) is 0 Å². The molecule has 4 nitrogen and oxygen atoms in total. The molecule has 1 saturated carbocycles. The van der Waals surface area contributed by atoms with Gasteiger partial charge in [0.05, 0.1) is 10.9 Å². The van der Waals surface area contributed by atoms with Crippen molar-refractivity contribution in [3.05, 3.63) is 69.9 Å². The van der Waals surface area contributed by atoms with Crippen LogP contribution in [0.5, 0.6) is 0 Å². The summed E-state index contributed by atoms with van der Waals surface area (Å²) in [7, 11) is 0. The predicted molar refractivity (Wildman–Crippen MR) is 86.2 cm³/mol. The maximum absolute atomic E-state index is 12.7. The van der Waals surface area contributed by atoms with Crippen molar-refractivity contribution in [2.75, 3.05) is 0 Å². The topological polar surface area (TPSA) is 47.8 Å². The molecule has 0 saturated heterocycles. The fourth-order valence-corrected chi connectivity index (χ4v) is 3.05. The normalized spacial score (nSPS) is 15.9. The summed E-state index contributed by atoms with van der Waals surface area (Å²) in [4.78, 5) is 21.2. The van der Waals surface area contributed by atoms with Crippen LogP contribution >= 0.6 is 11.6 Å². The molecule has 1 aliphatic rings. The Bertz CT molecular complexity index is 898. The van der Waals surface area contributed by atoms with Crippen molar-refractivity contribution >= 4 is 22.6 Å². The fraction of sp³-hybridized carbons (Fsp3) is 0.235. The van der Waals surface area contributed by atoms with E-state index in [1.54, 1.807) is 29.2 Å². The molecule has 2 aromatic heterocycles. The van der Waals surface area contributed by atoms with Crippen LogP contribution in [0.25, 0.3) is 11.0 Å². The Kier molecular flexibility index (Phi) is 3.01. The molecule has 0 bridgehead atoms. The molecule has 0 spiro atoms. The molecule has 0 unspecified atom stereocenters. The molecule has 4 rings (SSSR count). The molecular formula is C17H14ClN3O. The lowest BCUT2D eigenvalue weighted by molar-refractivity contribution is 0.459. The van der Waals surface area contributed by atoms with Crippen molar-refractivity contribution in [1.29, 1.82) is 0 Å². The minimum Gasteiger partial charge on any atom is -0.292 e. The Labute approximate surface area is 132 Å². The maximum Gasteiger partial charge on any atom is 0.263 e. The van der Waals surface area contributed by atoms with Crippen LogP contribution in [0.2, 0.25) is 5.02 Å². The lowest BCUT2D eigenvalue weighted by atomic mass is 10.0. The lowest BCUT2D eigenvalue weighted by Gasteiger charge is -2.18. The predicted octanol–water partition coefficient (Wildman–Crippen LogP) is 3.18. The maximum atomic E-state index is 12.7. The first-order valence-electron chi connectivity index (χ1n) is 7.25. The SMILES string of the molecule is O=c1c2cccnc2ncn1C1(Cc2ccc(Cl)cc2)CC1. The highest BCUT2D eigenvalue weighted by Crippen LogP contribution is 2.45. The van der Waals surface area contributed by atoms with E-state index >= 15 is 0 Å². The average molecular weight is 312 g/mol. The molecule has 0 atom stereocenters. The van der Waals surface area contributed by atoms with Crippen molar-refractivity contribution in [3.8, 4) is 0 Å². The zero-order chi connectivity index (χ0) is 15.2. The van der Waals surface area contributed by atoms with Crippen LogP contribution in [0.15, 0.2) is 53.7 Å². The number of hydrogen-bond acceptors (Lipinski definition) is 3. The summed E-state index contributed by atoms with van der Waals surface area (Å²) < 4.78 is 1.78. The Balaban J connectivity index is 1.76. The van der Waals surface area contributed by atoms with Gasteiger partial charge in [-0.1, -0.05) is 23.7 Å². The van der Waals surface area contributed by atoms with E-state index in [0.29, 0.717) is 11.0 Å². The van der Waals surface area contributed by atoms with E-state index < -0.39 is 0 Å². The van der Waals surface area contributed by atoms with Gasteiger partial charge >= 0.3 is 0 Å². The highest BCUT2D eigenvalue weighted by atomic mass is 35.5. The van der Waals surface area contributed by atoms with Crippen LogP contribution in [0.3, 0.4) is 0 Å². The van der Waals surface area contributed by atoms with Crippen LogP contribution in [-0.2, 0) is 12.0 Å². The molecule has 0 N–H and O–H groups in total. The van der Waals surface area contributed by atoms with Crippen molar-refractivity contribution < 1.29 is 0 Å². The quantitative estimate of drug-likeness (QED) is 0.746. The summed E-state index contributed by atoms with van der Waals surface area (Å²) in [5, 5.41) is 1.30. The molecule has 3 aromatic rings. The second-order valence-electron chi connectivity index (χ2n) is 5.82. The minimum absolute atomic E-state index is 0.00966. The second-order valence-corrected chi connectivity index (χ2v) is 6.26. The lowest BCUT2D eigenvalue weighted by Crippen LogP contribution is -2.32. The molecule has 1 fully saturated rings. The summed E-state index contributed by atoms with van der Waals surface area (Å²) in [6.45, 7) is 0. The van der Waals surface area contributed by atoms with Gasteiger partial charge in [-0.25, -0.2) is 9.97 Å². The molecule has 110 valence electrons. The minimum atomic E-state index is -0.151. The summed E-state index contributed by atoms with van der Waals surface area (Å²) in [6, 6.07) is 11.4. The van der Waals surface area contributed by atoms with Crippen LogP contribution in [0, 0.1) is 0 Å². The van der Waals surface area contributed by atoms with Crippen molar-refractivity contribution in [1.82, 2.24) is 14.5 Å². The molecule has 1 aromatic carbocycles. The zero-order valence-electron chi connectivity index (χ0n) is 11.9. The van der Waals surface area contributed by atoms with E-state index in [1.165, 1.54) is 5.56 Å². The summed E-state index contributed by atoms with van der Waals surface area (Å²) in [5.41, 5.74) is 1.53. The molecule has 0 radical (unpaired) electrons. The van der Waals surface area contributed by atoms with Gasteiger partial charge in [-0.05, 0) is 49.1 Å². The van der Waals surface area contributed by atoms with Gasteiger partial charge in [0.2, 0.25) is 0 Å². The van der Waals surface area contributed by atoms with Crippen LogP contribution < -0.4 is 5.56 Å². The zero-order valence-corrected chi connectivity index (χ0v) is 12.6. The molecule has 5 heteroatoms. The first kappa shape index (κ1) is 13.5. The van der Waals surface area contributed by atoms with E-state index in [4.69, 9.17) is 11.6 Å². The van der Waals surface area contributed by atoms with Gasteiger partial charge in [-0.3, -0.25) is 9.36 Å². The summed E-state index contributed by atoms with van der Waals surface area (Å²) in [6.07, 6.45) is 6.09. The number of pyridine rings is 1. The van der Waals surface area contributed by atoms with Crippen molar-refractivity contribution in [2.45, 2.75) is 24.8 Å². The van der Waals surface area contributed by atoms with Gasteiger partial charge in [0.25, 0.3) is 5.56 Å². The number of rotatable bonds is 3. The Morgan fingerprint density at radius 2 is 1.91 bits per heavy atom. The number of benzene rings is 1. The Morgan fingerprint density at radius 1 is 1.14 bits per heavy atom. The smallest absolute Gasteiger partial charge is 0.263 e. The van der Waals surface area contributed by atoms with E-state index in [0.717, 1.165) is 24.3 Å². The number of nitrogens with zero attached hydrogens (tertiary/aromatic N) is 3. The number of aromatic nitrogens is 3. The Hall–Kier alpha value is -2.20. The van der Waals surface area contributed by atoms with E-state index in [9.17, 15) is 4.79 Å². The van der Waals surface area contributed by atoms with Gasteiger partial charge in [-0.15, -0.1) is 0 Å². The van der Waals surface area contributed by atoms with Crippen molar-refractivity contribution in [2.24, 2.45) is 0 Å². The summed E-state index contributed by atoms with van der Waals surface area (Å²) >= 11 is 5.93. The van der Waals surface area contributed by atoms with E-state index in [1.807, 2.05) is 24.3 Å². The third-order valence-corrected chi connectivity index (χ3v) is 4.57. The molecule has 0 amide bonds. The molecular weight excluding hydrogens is 298 g/mol. The fourth-order valence-electron chi connectivity index (χ4n) is 2.93. The monoisotopic (exact) mass is 311 g/mol. The van der Waals surface area contributed by atoms with Gasteiger partial charge < -0.3 is 0 Å². The first-order chi connectivity index (χ1) is 10.7. The first-order valence-corrected chi connectivity index (χ1v) is 7.63. The average Bonchev–Trinajstić information content (AvgIpc) is 3.31. The van der Waals surface area contributed by atoms with Crippen molar-refractivity contribution in [3.63, 3.8) is 0 Å². The van der Waals surface area contributed by atoms with Gasteiger partial charge in [0.1, 0.15) is 6.33 Å². The molecule has 2 heterocycles. The standard InChI is InChI=1S/C17H14ClN3O/c18-13-5-3-12(4-6-13)10-17(7-8-17)21-11-20-15-14(16(21)22)2-1-9-19-15/h1-6,9,11H,7-8,10H2. The number of fused-ring (bicyclic) bond motifs is 1.